The number of Topliss-reactive ketones (excluding diaryl/α,β-unsaturated/α-hetero) is 1. The number of anilines is 1. The van der Waals surface area contributed by atoms with E-state index in [9.17, 15) is 4.79 Å². The van der Waals surface area contributed by atoms with Crippen LogP contribution < -0.4 is 5.73 Å². The second kappa shape index (κ2) is 4.00. The van der Waals surface area contributed by atoms with Gasteiger partial charge in [0.25, 0.3) is 0 Å². The molecular formula is C12H12N2O. The molecule has 2 aromatic rings. The van der Waals surface area contributed by atoms with Gasteiger partial charge in [-0.1, -0.05) is 12.1 Å². The number of benzene rings is 1. The van der Waals surface area contributed by atoms with Crippen molar-refractivity contribution in [3.63, 3.8) is 0 Å². The van der Waals surface area contributed by atoms with Crippen LogP contribution in [-0.4, -0.2) is 10.8 Å². The zero-order valence-corrected chi connectivity index (χ0v) is 8.23. The summed E-state index contributed by atoms with van der Waals surface area (Å²) in [5.74, 6) is 0.0738. The maximum atomic E-state index is 11.8. The number of hydrogen-bond donors (Lipinski definition) is 2. The normalized spacial score (nSPS) is 10.1. The molecule has 0 spiro atoms. The molecule has 0 aliphatic rings. The van der Waals surface area contributed by atoms with E-state index in [4.69, 9.17) is 5.73 Å². The van der Waals surface area contributed by atoms with E-state index in [-0.39, 0.29) is 5.78 Å². The number of carbonyl (C=O) groups excluding carboxylic acids is 1. The molecule has 1 aromatic heterocycles. The van der Waals surface area contributed by atoms with E-state index in [1.54, 1.807) is 24.3 Å². The molecule has 1 heterocycles. The van der Waals surface area contributed by atoms with Gasteiger partial charge in [0.1, 0.15) is 0 Å². The SMILES string of the molecule is Nc1cccc(C(=O)Cc2ccc[nH]2)c1. The Balaban J connectivity index is 2.15. The molecule has 76 valence electrons. The van der Waals surface area contributed by atoms with Gasteiger partial charge in [0.2, 0.25) is 0 Å². The number of nitrogen functional groups attached to an aromatic ring is 1. The smallest absolute Gasteiger partial charge is 0.168 e. The van der Waals surface area contributed by atoms with Crippen molar-refractivity contribution in [2.75, 3.05) is 5.73 Å². The first kappa shape index (κ1) is 9.52. The number of aromatic amines is 1. The summed E-state index contributed by atoms with van der Waals surface area (Å²) in [5.41, 5.74) is 7.80. The number of aromatic nitrogens is 1. The lowest BCUT2D eigenvalue weighted by Gasteiger charge is -2.00. The fourth-order valence-electron chi connectivity index (χ4n) is 1.46. The molecular weight excluding hydrogens is 188 g/mol. The zero-order chi connectivity index (χ0) is 10.7. The molecule has 0 unspecified atom stereocenters. The number of ketones is 1. The maximum absolute atomic E-state index is 11.8. The summed E-state index contributed by atoms with van der Waals surface area (Å²) < 4.78 is 0. The van der Waals surface area contributed by atoms with Crippen molar-refractivity contribution >= 4 is 11.5 Å². The Morgan fingerprint density at radius 1 is 1.27 bits per heavy atom. The Bertz CT molecular complexity index is 460. The van der Waals surface area contributed by atoms with Crippen LogP contribution in [-0.2, 0) is 6.42 Å². The van der Waals surface area contributed by atoms with Crippen molar-refractivity contribution < 1.29 is 4.79 Å². The lowest BCUT2D eigenvalue weighted by molar-refractivity contribution is 0.0992. The number of H-pyrrole nitrogens is 1. The molecule has 0 saturated carbocycles. The summed E-state index contributed by atoms with van der Waals surface area (Å²) >= 11 is 0. The number of hydrogen-bond acceptors (Lipinski definition) is 2. The zero-order valence-electron chi connectivity index (χ0n) is 8.23. The molecule has 0 radical (unpaired) electrons. The molecule has 0 bridgehead atoms. The van der Waals surface area contributed by atoms with Gasteiger partial charge in [0, 0.05) is 23.1 Å². The van der Waals surface area contributed by atoms with Gasteiger partial charge < -0.3 is 10.7 Å². The van der Waals surface area contributed by atoms with Crippen molar-refractivity contribution in [2.45, 2.75) is 6.42 Å². The Labute approximate surface area is 87.9 Å². The number of rotatable bonds is 3. The van der Waals surface area contributed by atoms with Gasteiger partial charge in [0.05, 0.1) is 6.42 Å². The van der Waals surface area contributed by atoms with Crippen LogP contribution in [0.25, 0.3) is 0 Å². The van der Waals surface area contributed by atoms with Crippen LogP contribution >= 0.6 is 0 Å². The largest absolute Gasteiger partial charge is 0.399 e. The molecule has 3 heteroatoms. The van der Waals surface area contributed by atoms with E-state index >= 15 is 0 Å². The van der Waals surface area contributed by atoms with Crippen molar-refractivity contribution in [2.24, 2.45) is 0 Å². The van der Waals surface area contributed by atoms with Crippen molar-refractivity contribution in [1.29, 1.82) is 0 Å². The Kier molecular flexibility index (Phi) is 2.54. The molecule has 0 saturated heterocycles. The monoisotopic (exact) mass is 200 g/mol. The first-order valence-corrected chi connectivity index (χ1v) is 4.77. The quantitative estimate of drug-likeness (QED) is 0.588. The first-order valence-electron chi connectivity index (χ1n) is 4.77. The van der Waals surface area contributed by atoms with Crippen molar-refractivity contribution in [3.8, 4) is 0 Å². The van der Waals surface area contributed by atoms with Gasteiger partial charge in [-0.25, -0.2) is 0 Å². The minimum Gasteiger partial charge on any atom is -0.399 e. The Morgan fingerprint density at radius 2 is 2.13 bits per heavy atom. The summed E-state index contributed by atoms with van der Waals surface area (Å²) in [4.78, 5) is 14.8. The number of nitrogens with two attached hydrogens (primary N) is 1. The third-order valence-corrected chi connectivity index (χ3v) is 2.22. The van der Waals surface area contributed by atoms with E-state index < -0.39 is 0 Å². The molecule has 15 heavy (non-hydrogen) atoms. The van der Waals surface area contributed by atoms with Gasteiger partial charge in [-0.05, 0) is 24.3 Å². The summed E-state index contributed by atoms with van der Waals surface area (Å²) in [6.07, 6.45) is 2.19. The van der Waals surface area contributed by atoms with Gasteiger partial charge in [0.15, 0.2) is 5.78 Å². The standard InChI is InChI=1S/C12H12N2O/c13-10-4-1-3-9(7-10)12(15)8-11-5-2-6-14-11/h1-7,14H,8,13H2. The maximum Gasteiger partial charge on any atom is 0.168 e. The third-order valence-electron chi connectivity index (χ3n) is 2.22. The molecule has 0 atom stereocenters. The highest BCUT2D eigenvalue weighted by molar-refractivity contribution is 5.97. The molecule has 0 amide bonds. The van der Waals surface area contributed by atoms with Crippen LogP contribution in [0, 0.1) is 0 Å². The summed E-state index contributed by atoms with van der Waals surface area (Å²) in [5, 5.41) is 0. The van der Waals surface area contributed by atoms with Crippen LogP contribution in [0.1, 0.15) is 16.1 Å². The molecule has 1 aromatic carbocycles. The summed E-state index contributed by atoms with van der Waals surface area (Å²) in [6.45, 7) is 0. The average Bonchev–Trinajstić information content (AvgIpc) is 2.70. The van der Waals surface area contributed by atoms with Crippen LogP contribution in [0.3, 0.4) is 0 Å². The number of nitrogens with one attached hydrogen (secondary N) is 1. The fraction of sp³-hybridized carbons (Fsp3) is 0.0833. The molecule has 3 nitrogen and oxygen atoms in total. The van der Waals surface area contributed by atoms with E-state index in [0.29, 0.717) is 17.7 Å². The first-order chi connectivity index (χ1) is 7.25. The van der Waals surface area contributed by atoms with E-state index in [2.05, 4.69) is 4.98 Å². The van der Waals surface area contributed by atoms with Crippen molar-refractivity contribution in [3.05, 3.63) is 53.9 Å². The molecule has 0 fully saturated rings. The Morgan fingerprint density at radius 3 is 2.80 bits per heavy atom. The molecule has 2 rings (SSSR count). The van der Waals surface area contributed by atoms with E-state index in [0.717, 1.165) is 5.69 Å². The highest BCUT2D eigenvalue weighted by atomic mass is 16.1. The van der Waals surface area contributed by atoms with Crippen LogP contribution in [0.15, 0.2) is 42.6 Å². The Hall–Kier alpha value is -2.03. The summed E-state index contributed by atoms with van der Waals surface area (Å²) in [6, 6.07) is 10.8. The topological polar surface area (TPSA) is 58.9 Å². The lowest BCUT2D eigenvalue weighted by atomic mass is 10.1. The van der Waals surface area contributed by atoms with Crippen LogP contribution in [0.2, 0.25) is 0 Å². The highest BCUT2D eigenvalue weighted by Crippen LogP contribution is 2.09. The predicted octanol–water partition coefficient (Wildman–Crippen LogP) is 2.02. The second-order valence-electron chi connectivity index (χ2n) is 3.42. The highest BCUT2D eigenvalue weighted by Gasteiger charge is 2.07. The number of carbonyl (C=O) groups is 1. The predicted molar refractivity (Wildman–Crippen MR) is 59.7 cm³/mol. The van der Waals surface area contributed by atoms with Gasteiger partial charge in [-0.15, -0.1) is 0 Å². The second-order valence-corrected chi connectivity index (χ2v) is 3.42. The van der Waals surface area contributed by atoms with Gasteiger partial charge in [-0.3, -0.25) is 4.79 Å². The van der Waals surface area contributed by atoms with E-state index in [1.165, 1.54) is 0 Å². The minimum atomic E-state index is 0.0738. The van der Waals surface area contributed by atoms with Crippen molar-refractivity contribution in [1.82, 2.24) is 4.98 Å². The van der Waals surface area contributed by atoms with Crippen LogP contribution in [0.4, 0.5) is 5.69 Å². The third kappa shape index (κ3) is 2.26. The fourth-order valence-corrected chi connectivity index (χ4v) is 1.46. The molecule has 0 aliphatic heterocycles. The van der Waals surface area contributed by atoms with Gasteiger partial charge >= 0.3 is 0 Å². The van der Waals surface area contributed by atoms with E-state index in [1.807, 2.05) is 18.3 Å². The van der Waals surface area contributed by atoms with Crippen LogP contribution in [0.5, 0.6) is 0 Å². The minimum absolute atomic E-state index is 0.0738. The summed E-state index contributed by atoms with van der Waals surface area (Å²) in [7, 11) is 0. The average molecular weight is 200 g/mol. The molecule has 0 aliphatic carbocycles. The van der Waals surface area contributed by atoms with Gasteiger partial charge in [-0.2, -0.15) is 0 Å². The lowest BCUT2D eigenvalue weighted by Crippen LogP contribution is -2.04. The molecule has 3 N–H and O–H groups in total.